The van der Waals surface area contributed by atoms with E-state index in [1.807, 2.05) is 18.2 Å². The minimum absolute atomic E-state index is 0.105. The van der Waals surface area contributed by atoms with Gasteiger partial charge < -0.3 is 10.8 Å². The van der Waals surface area contributed by atoms with E-state index in [0.29, 0.717) is 16.6 Å². The van der Waals surface area contributed by atoms with Gasteiger partial charge in [-0.05, 0) is 35.4 Å². The predicted octanol–water partition coefficient (Wildman–Crippen LogP) is 2.19. The Labute approximate surface area is 88.7 Å². The maximum Gasteiger partial charge on any atom is 0.0635 e. The zero-order valence-electron chi connectivity index (χ0n) is 8.13. The highest BCUT2D eigenvalue weighted by atomic mass is 35.5. The van der Waals surface area contributed by atoms with Crippen LogP contribution in [-0.4, -0.2) is 11.7 Å². The minimum atomic E-state index is 0.105. The lowest BCUT2D eigenvalue weighted by Crippen LogP contribution is -2.07. The molecule has 1 aliphatic carbocycles. The van der Waals surface area contributed by atoms with Crippen molar-refractivity contribution in [1.29, 1.82) is 0 Å². The molecule has 0 radical (unpaired) electrons. The molecule has 0 spiro atoms. The first-order valence-corrected chi connectivity index (χ1v) is 5.12. The van der Waals surface area contributed by atoms with Gasteiger partial charge in [-0.3, -0.25) is 0 Å². The molecule has 3 N–H and O–H groups in total. The van der Waals surface area contributed by atoms with Crippen LogP contribution in [0.2, 0.25) is 5.02 Å². The summed E-state index contributed by atoms with van der Waals surface area (Å²) in [6.45, 7) is 2.40. The third kappa shape index (κ3) is 1.39. The lowest BCUT2D eigenvalue weighted by Gasteiger charge is -2.12. The number of benzene rings is 1. The number of hydrogen-bond acceptors (Lipinski definition) is 2. The van der Waals surface area contributed by atoms with E-state index in [1.54, 1.807) is 0 Å². The van der Waals surface area contributed by atoms with E-state index < -0.39 is 0 Å². The van der Waals surface area contributed by atoms with Crippen LogP contribution in [0.15, 0.2) is 18.2 Å². The lowest BCUT2D eigenvalue weighted by atomic mass is 9.95. The number of anilines is 1. The molecule has 0 aliphatic heterocycles. The summed E-state index contributed by atoms with van der Waals surface area (Å²) in [6.07, 6.45) is 1.03. The summed E-state index contributed by atoms with van der Waals surface area (Å²) in [5.74, 6) is 0.378. The molecule has 1 aliphatic rings. The fraction of sp³-hybridized carbons (Fsp3) is 0.455. The van der Waals surface area contributed by atoms with Crippen LogP contribution in [0, 0.1) is 5.92 Å². The summed E-state index contributed by atoms with van der Waals surface area (Å²) >= 11 is 5.85. The van der Waals surface area contributed by atoms with Crippen LogP contribution in [0.4, 0.5) is 5.69 Å². The first kappa shape index (κ1) is 9.81. The highest BCUT2D eigenvalue weighted by Crippen LogP contribution is 2.54. The highest BCUT2D eigenvalue weighted by Gasteiger charge is 2.50. The fourth-order valence-electron chi connectivity index (χ4n) is 1.97. The molecule has 0 saturated heterocycles. The monoisotopic (exact) mass is 211 g/mol. The number of nitrogens with two attached hydrogens (primary N) is 1. The molecular formula is C11H14ClNO. The summed E-state index contributed by atoms with van der Waals surface area (Å²) in [7, 11) is 0. The zero-order chi connectivity index (χ0) is 10.3. The summed E-state index contributed by atoms with van der Waals surface area (Å²) < 4.78 is 0. The Morgan fingerprint density at radius 2 is 2.36 bits per heavy atom. The largest absolute Gasteiger partial charge is 0.398 e. The molecule has 14 heavy (non-hydrogen) atoms. The van der Waals surface area contributed by atoms with Crippen molar-refractivity contribution in [2.75, 3.05) is 12.3 Å². The quantitative estimate of drug-likeness (QED) is 0.737. The third-order valence-electron chi connectivity index (χ3n) is 3.29. The standard InChI is InChI=1S/C11H14ClNO/c1-11(5-8(11)6-14)7-2-3-9(12)10(13)4-7/h2-4,8,14H,5-6,13H2,1H3/t8-,11-/m0/s1. The number of rotatable bonds is 2. The van der Waals surface area contributed by atoms with E-state index in [9.17, 15) is 0 Å². The lowest BCUT2D eigenvalue weighted by molar-refractivity contribution is 0.265. The van der Waals surface area contributed by atoms with Gasteiger partial charge in [0.15, 0.2) is 0 Å². The van der Waals surface area contributed by atoms with Crippen molar-refractivity contribution in [2.45, 2.75) is 18.8 Å². The van der Waals surface area contributed by atoms with Gasteiger partial charge in [-0.2, -0.15) is 0 Å². The van der Waals surface area contributed by atoms with Gasteiger partial charge in [0.25, 0.3) is 0 Å². The van der Waals surface area contributed by atoms with Crippen molar-refractivity contribution < 1.29 is 5.11 Å². The van der Waals surface area contributed by atoms with Gasteiger partial charge in [-0.25, -0.2) is 0 Å². The number of hydrogen-bond donors (Lipinski definition) is 2. The van der Waals surface area contributed by atoms with Crippen LogP contribution in [0.1, 0.15) is 18.9 Å². The van der Waals surface area contributed by atoms with Crippen molar-refractivity contribution in [3.05, 3.63) is 28.8 Å². The summed E-state index contributed by atoms with van der Waals surface area (Å²) in [6, 6.07) is 5.73. The molecule has 76 valence electrons. The van der Waals surface area contributed by atoms with Crippen LogP contribution in [0.5, 0.6) is 0 Å². The van der Waals surface area contributed by atoms with Crippen LogP contribution in [0.3, 0.4) is 0 Å². The molecule has 1 aromatic carbocycles. The van der Waals surface area contributed by atoms with Crippen LogP contribution in [-0.2, 0) is 5.41 Å². The van der Waals surface area contributed by atoms with Crippen molar-refractivity contribution in [3.8, 4) is 0 Å². The average Bonchev–Trinajstić information content (AvgIpc) is 2.83. The molecule has 0 aromatic heterocycles. The Morgan fingerprint density at radius 1 is 1.64 bits per heavy atom. The topological polar surface area (TPSA) is 46.2 Å². The van der Waals surface area contributed by atoms with Crippen molar-refractivity contribution in [3.63, 3.8) is 0 Å². The fourth-order valence-corrected chi connectivity index (χ4v) is 2.09. The zero-order valence-corrected chi connectivity index (χ0v) is 8.88. The van der Waals surface area contributed by atoms with E-state index in [4.69, 9.17) is 22.4 Å². The average molecular weight is 212 g/mol. The Balaban J connectivity index is 2.31. The third-order valence-corrected chi connectivity index (χ3v) is 3.63. The van der Waals surface area contributed by atoms with E-state index in [2.05, 4.69) is 6.92 Å². The first-order valence-electron chi connectivity index (χ1n) is 4.74. The molecule has 0 amide bonds. The second-order valence-corrected chi connectivity index (χ2v) is 4.64. The molecule has 2 nitrogen and oxygen atoms in total. The van der Waals surface area contributed by atoms with E-state index in [1.165, 1.54) is 5.56 Å². The molecule has 1 aromatic rings. The number of halogens is 1. The van der Waals surface area contributed by atoms with Gasteiger partial charge in [-0.1, -0.05) is 24.6 Å². The van der Waals surface area contributed by atoms with E-state index >= 15 is 0 Å². The second-order valence-electron chi connectivity index (χ2n) is 4.24. The molecule has 1 saturated carbocycles. The second kappa shape index (κ2) is 3.14. The van der Waals surface area contributed by atoms with Crippen LogP contribution < -0.4 is 5.73 Å². The molecule has 0 bridgehead atoms. The van der Waals surface area contributed by atoms with Crippen molar-refractivity contribution in [1.82, 2.24) is 0 Å². The minimum Gasteiger partial charge on any atom is -0.398 e. The molecule has 0 unspecified atom stereocenters. The van der Waals surface area contributed by atoms with E-state index in [-0.39, 0.29) is 12.0 Å². The van der Waals surface area contributed by atoms with Crippen LogP contribution >= 0.6 is 11.6 Å². The normalized spacial score (nSPS) is 30.4. The Morgan fingerprint density at radius 3 is 2.86 bits per heavy atom. The van der Waals surface area contributed by atoms with E-state index in [0.717, 1.165) is 6.42 Å². The Hall–Kier alpha value is -0.730. The molecule has 1 fully saturated rings. The van der Waals surface area contributed by atoms with Crippen LogP contribution in [0.25, 0.3) is 0 Å². The summed E-state index contributed by atoms with van der Waals surface area (Å²) in [4.78, 5) is 0. The molecule has 3 heteroatoms. The van der Waals surface area contributed by atoms with Gasteiger partial charge in [0.2, 0.25) is 0 Å². The maximum absolute atomic E-state index is 9.07. The molecule has 0 heterocycles. The van der Waals surface area contributed by atoms with Gasteiger partial charge in [-0.15, -0.1) is 0 Å². The summed E-state index contributed by atoms with van der Waals surface area (Å²) in [5, 5.41) is 9.67. The van der Waals surface area contributed by atoms with Crippen molar-refractivity contribution in [2.24, 2.45) is 5.92 Å². The number of aliphatic hydroxyl groups excluding tert-OH is 1. The number of nitrogen functional groups attached to an aromatic ring is 1. The Bertz CT molecular complexity index is 366. The smallest absolute Gasteiger partial charge is 0.0635 e. The number of aliphatic hydroxyl groups is 1. The van der Waals surface area contributed by atoms with Gasteiger partial charge >= 0.3 is 0 Å². The van der Waals surface area contributed by atoms with Gasteiger partial charge in [0, 0.05) is 6.61 Å². The van der Waals surface area contributed by atoms with Gasteiger partial charge in [0.05, 0.1) is 10.7 Å². The van der Waals surface area contributed by atoms with Gasteiger partial charge in [0.1, 0.15) is 0 Å². The molecule has 2 atom stereocenters. The Kier molecular flexibility index (Phi) is 2.20. The van der Waals surface area contributed by atoms with Crippen molar-refractivity contribution >= 4 is 17.3 Å². The highest BCUT2D eigenvalue weighted by molar-refractivity contribution is 6.33. The molecule has 2 rings (SSSR count). The maximum atomic E-state index is 9.07. The predicted molar refractivity (Wildman–Crippen MR) is 58.4 cm³/mol. The first-order chi connectivity index (χ1) is 6.58. The SMILES string of the molecule is C[C@@]1(c2ccc(Cl)c(N)c2)C[C@H]1CO. The summed E-state index contributed by atoms with van der Waals surface area (Å²) in [5.41, 5.74) is 7.64. The molecular weight excluding hydrogens is 198 g/mol.